The van der Waals surface area contributed by atoms with E-state index in [9.17, 15) is 0 Å². The van der Waals surface area contributed by atoms with Crippen LogP contribution in [0.2, 0.25) is 0 Å². The van der Waals surface area contributed by atoms with E-state index in [1.54, 1.807) is 0 Å². The SMILES string of the molecule is CC(C)CC(CC(C)C)N1CCC(N)C1. The van der Waals surface area contributed by atoms with E-state index in [-0.39, 0.29) is 0 Å². The van der Waals surface area contributed by atoms with E-state index in [4.69, 9.17) is 5.73 Å². The summed E-state index contributed by atoms with van der Waals surface area (Å²) in [5.41, 5.74) is 5.98. The van der Waals surface area contributed by atoms with Gasteiger partial charge in [0.05, 0.1) is 0 Å². The van der Waals surface area contributed by atoms with Gasteiger partial charge >= 0.3 is 0 Å². The van der Waals surface area contributed by atoms with Gasteiger partial charge in [0.1, 0.15) is 0 Å². The molecule has 0 aromatic rings. The van der Waals surface area contributed by atoms with Gasteiger partial charge in [0.15, 0.2) is 0 Å². The van der Waals surface area contributed by atoms with Gasteiger partial charge in [0.25, 0.3) is 0 Å². The average molecular weight is 212 g/mol. The van der Waals surface area contributed by atoms with Crippen molar-refractivity contribution in [3.05, 3.63) is 0 Å². The van der Waals surface area contributed by atoms with Crippen LogP contribution >= 0.6 is 0 Å². The van der Waals surface area contributed by atoms with Gasteiger partial charge in [-0.25, -0.2) is 0 Å². The van der Waals surface area contributed by atoms with Crippen LogP contribution in [0.1, 0.15) is 47.0 Å². The molecule has 1 aliphatic heterocycles. The summed E-state index contributed by atoms with van der Waals surface area (Å²) in [6.45, 7) is 11.6. The first-order chi connectivity index (χ1) is 6.99. The molecule has 0 aromatic carbocycles. The number of hydrogen-bond acceptors (Lipinski definition) is 2. The van der Waals surface area contributed by atoms with E-state index in [0.717, 1.165) is 24.4 Å². The molecule has 1 saturated heterocycles. The molecule has 0 aromatic heterocycles. The lowest BCUT2D eigenvalue weighted by atomic mass is 9.94. The second-order valence-electron chi connectivity index (χ2n) is 5.96. The Hall–Kier alpha value is -0.0800. The fourth-order valence-corrected chi connectivity index (χ4v) is 2.63. The molecule has 15 heavy (non-hydrogen) atoms. The Morgan fingerprint density at radius 3 is 2.00 bits per heavy atom. The number of likely N-dealkylation sites (tertiary alicyclic amines) is 1. The van der Waals surface area contributed by atoms with Gasteiger partial charge in [0.2, 0.25) is 0 Å². The maximum atomic E-state index is 5.98. The highest BCUT2D eigenvalue weighted by Gasteiger charge is 2.26. The molecule has 1 heterocycles. The van der Waals surface area contributed by atoms with Crippen molar-refractivity contribution in [1.29, 1.82) is 0 Å². The third kappa shape index (κ3) is 4.52. The van der Waals surface area contributed by atoms with Gasteiger partial charge in [0, 0.05) is 25.2 Å². The molecule has 1 atom stereocenters. The van der Waals surface area contributed by atoms with Crippen LogP contribution in [0, 0.1) is 11.8 Å². The van der Waals surface area contributed by atoms with Crippen LogP contribution in [-0.2, 0) is 0 Å². The van der Waals surface area contributed by atoms with Crippen LogP contribution in [0.25, 0.3) is 0 Å². The molecular formula is C13H28N2. The summed E-state index contributed by atoms with van der Waals surface area (Å²) in [6.07, 6.45) is 3.84. The zero-order chi connectivity index (χ0) is 11.4. The Balaban J connectivity index is 2.47. The Morgan fingerprint density at radius 2 is 1.67 bits per heavy atom. The summed E-state index contributed by atoms with van der Waals surface area (Å²) in [4.78, 5) is 2.62. The highest BCUT2D eigenvalue weighted by atomic mass is 15.2. The Kier molecular flexibility index (Phi) is 5.07. The van der Waals surface area contributed by atoms with E-state index in [1.165, 1.54) is 25.8 Å². The van der Waals surface area contributed by atoms with E-state index in [1.807, 2.05) is 0 Å². The third-order valence-electron chi connectivity index (χ3n) is 3.26. The predicted molar refractivity (Wildman–Crippen MR) is 66.9 cm³/mol. The van der Waals surface area contributed by atoms with E-state index in [2.05, 4.69) is 32.6 Å². The van der Waals surface area contributed by atoms with Crippen LogP contribution in [-0.4, -0.2) is 30.1 Å². The summed E-state index contributed by atoms with van der Waals surface area (Å²) < 4.78 is 0. The molecule has 0 saturated carbocycles. The topological polar surface area (TPSA) is 29.3 Å². The Bertz CT molecular complexity index is 167. The zero-order valence-electron chi connectivity index (χ0n) is 10.9. The molecule has 1 fully saturated rings. The standard InChI is InChI=1S/C13H28N2/c1-10(2)7-13(8-11(3)4)15-6-5-12(14)9-15/h10-13H,5-9,14H2,1-4H3. The van der Waals surface area contributed by atoms with Crippen molar-refractivity contribution in [2.24, 2.45) is 17.6 Å². The number of nitrogens with zero attached hydrogens (tertiary/aromatic N) is 1. The van der Waals surface area contributed by atoms with Crippen molar-refractivity contribution in [3.8, 4) is 0 Å². The maximum absolute atomic E-state index is 5.98. The average Bonchev–Trinajstić information content (AvgIpc) is 2.48. The second-order valence-corrected chi connectivity index (χ2v) is 5.96. The minimum Gasteiger partial charge on any atom is -0.326 e. The van der Waals surface area contributed by atoms with E-state index >= 15 is 0 Å². The van der Waals surface area contributed by atoms with Crippen LogP contribution in [0.3, 0.4) is 0 Å². The first-order valence-electron chi connectivity index (χ1n) is 6.48. The second kappa shape index (κ2) is 5.86. The predicted octanol–water partition coefficient (Wildman–Crippen LogP) is 2.48. The highest BCUT2D eigenvalue weighted by molar-refractivity contribution is 4.84. The normalized spacial score (nSPS) is 23.6. The largest absolute Gasteiger partial charge is 0.326 e. The number of nitrogens with two attached hydrogens (primary N) is 1. The lowest BCUT2D eigenvalue weighted by Crippen LogP contribution is -2.37. The molecule has 2 N–H and O–H groups in total. The van der Waals surface area contributed by atoms with Gasteiger partial charge in [-0.15, -0.1) is 0 Å². The minimum absolute atomic E-state index is 0.423. The fraction of sp³-hybridized carbons (Fsp3) is 1.00. The third-order valence-corrected chi connectivity index (χ3v) is 3.26. The summed E-state index contributed by atoms with van der Waals surface area (Å²) in [6, 6.07) is 1.19. The summed E-state index contributed by atoms with van der Waals surface area (Å²) >= 11 is 0. The number of hydrogen-bond donors (Lipinski definition) is 1. The summed E-state index contributed by atoms with van der Waals surface area (Å²) in [5, 5.41) is 0. The van der Waals surface area contributed by atoms with Gasteiger partial charge in [-0.3, -0.25) is 4.90 Å². The van der Waals surface area contributed by atoms with Crippen molar-refractivity contribution in [1.82, 2.24) is 4.90 Å². The monoisotopic (exact) mass is 212 g/mol. The van der Waals surface area contributed by atoms with E-state index < -0.39 is 0 Å². The molecule has 1 rings (SSSR count). The fourth-order valence-electron chi connectivity index (χ4n) is 2.63. The quantitative estimate of drug-likeness (QED) is 0.758. The van der Waals surface area contributed by atoms with Crippen molar-refractivity contribution in [2.75, 3.05) is 13.1 Å². The van der Waals surface area contributed by atoms with Crippen molar-refractivity contribution in [2.45, 2.75) is 59.0 Å². The zero-order valence-corrected chi connectivity index (χ0v) is 10.9. The number of rotatable bonds is 5. The highest BCUT2D eigenvalue weighted by Crippen LogP contribution is 2.22. The molecule has 0 aliphatic carbocycles. The summed E-state index contributed by atoms with van der Waals surface area (Å²) in [7, 11) is 0. The van der Waals surface area contributed by atoms with Gasteiger partial charge in [-0.1, -0.05) is 27.7 Å². The lowest BCUT2D eigenvalue weighted by Gasteiger charge is -2.30. The van der Waals surface area contributed by atoms with Crippen LogP contribution in [0.15, 0.2) is 0 Å². The van der Waals surface area contributed by atoms with Crippen molar-refractivity contribution < 1.29 is 0 Å². The molecule has 0 radical (unpaired) electrons. The van der Waals surface area contributed by atoms with E-state index in [0.29, 0.717) is 6.04 Å². The molecular weight excluding hydrogens is 184 g/mol. The van der Waals surface area contributed by atoms with Crippen LogP contribution < -0.4 is 5.73 Å². The Morgan fingerprint density at radius 1 is 1.13 bits per heavy atom. The van der Waals surface area contributed by atoms with Crippen LogP contribution in [0.5, 0.6) is 0 Å². The summed E-state index contributed by atoms with van der Waals surface area (Å²) in [5.74, 6) is 1.59. The molecule has 0 amide bonds. The van der Waals surface area contributed by atoms with Gasteiger partial charge < -0.3 is 5.73 Å². The lowest BCUT2D eigenvalue weighted by molar-refractivity contribution is 0.184. The van der Waals surface area contributed by atoms with Gasteiger partial charge in [-0.05, 0) is 31.1 Å². The van der Waals surface area contributed by atoms with Crippen LogP contribution in [0.4, 0.5) is 0 Å². The minimum atomic E-state index is 0.423. The van der Waals surface area contributed by atoms with Crippen molar-refractivity contribution in [3.63, 3.8) is 0 Å². The smallest absolute Gasteiger partial charge is 0.0180 e. The first kappa shape index (κ1) is 13.0. The first-order valence-corrected chi connectivity index (χ1v) is 6.48. The molecule has 2 heteroatoms. The Labute approximate surface area is 95.2 Å². The molecule has 1 aliphatic rings. The molecule has 1 unspecified atom stereocenters. The van der Waals surface area contributed by atoms with Crippen molar-refractivity contribution >= 4 is 0 Å². The van der Waals surface area contributed by atoms with Gasteiger partial charge in [-0.2, -0.15) is 0 Å². The molecule has 90 valence electrons. The maximum Gasteiger partial charge on any atom is 0.0180 e. The molecule has 2 nitrogen and oxygen atoms in total. The molecule has 0 spiro atoms. The molecule has 0 bridgehead atoms.